The first-order valence-corrected chi connectivity index (χ1v) is 6.46. The number of hydrogen-bond acceptors (Lipinski definition) is 3. The van der Waals surface area contributed by atoms with Crippen LogP contribution in [0.25, 0.3) is 0 Å². The summed E-state index contributed by atoms with van der Waals surface area (Å²) in [5.41, 5.74) is -0.338. The van der Waals surface area contributed by atoms with Crippen molar-refractivity contribution in [3.63, 3.8) is 0 Å². The van der Waals surface area contributed by atoms with Gasteiger partial charge in [-0.25, -0.2) is 4.79 Å². The Morgan fingerprint density at radius 2 is 1.50 bits per heavy atom. The van der Waals surface area contributed by atoms with Crippen molar-refractivity contribution in [1.29, 1.82) is 0 Å². The summed E-state index contributed by atoms with van der Waals surface area (Å²) in [6.07, 6.45) is 0.776. The van der Waals surface area contributed by atoms with Crippen LogP contribution in [-0.4, -0.2) is 41.6 Å². The van der Waals surface area contributed by atoms with E-state index >= 15 is 0 Å². The Labute approximate surface area is 119 Å². The molecule has 7 heteroatoms. The summed E-state index contributed by atoms with van der Waals surface area (Å²) in [5, 5.41) is 15.7. The molecule has 0 saturated carbocycles. The van der Waals surface area contributed by atoms with Gasteiger partial charge < -0.3 is 21.1 Å². The number of carbonyl (C=O) groups excluding carboxylic acids is 2. The van der Waals surface area contributed by atoms with E-state index in [1.807, 2.05) is 13.8 Å². The monoisotopic (exact) mass is 287 g/mol. The van der Waals surface area contributed by atoms with Gasteiger partial charge in [0.15, 0.2) is 0 Å². The fraction of sp³-hybridized carbons (Fsp3) is 0.769. The van der Waals surface area contributed by atoms with Crippen molar-refractivity contribution >= 4 is 17.9 Å². The molecule has 0 radical (unpaired) electrons. The van der Waals surface area contributed by atoms with Crippen LogP contribution in [0.3, 0.4) is 0 Å². The predicted molar refractivity (Wildman–Crippen MR) is 75.3 cm³/mol. The van der Waals surface area contributed by atoms with E-state index < -0.39 is 30.0 Å². The predicted octanol–water partition coefficient (Wildman–Crippen LogP) is 0.701. The Morgan fingerprint density at radius 3 is 1.95 bits per heavy atom. The third-order valence-corrected chi connectivity index (χ3v) is 2.27. The van der Waals surface area contributed by atoms with Crippen molar-refractivity contribution in [2.45, 2.75) is 46.6 Å². The summed E-state index contributed by atoms with van der Waals surface area (Å²) in [5.74, 6) is -1.68. The minimum absolute atomic E-state index is 0.0651. The zero-order chi connectivity index (χ0) is 16.0. The highest BCUT2D eigenvalue weighted by molar-refractivity contribution is 5.86. The smallest absolute Gasteiger partial charge is 0.322 e. The molecule has 0 aromatic carbocycles. The van der Waals surface area contributed by atoms with Gasteiger partial charge in [0.1, 0.15) is 6.54 Å². The van der Waals surface area contributed by atoms with Crippen molar-refractivity contribution in [2.24, 2.45) is 5.41 Å². The lowest BCUT2D eigenvalue weighted by molar-refractivity contribution is -0.137. The minimum Gasteiger partial charge on any atom is -0.480 e. The number of hydrogen-bond donors (Lipinski definition) is 4. The fourth-order valence-corrected chi connectivity index (χ4v) is 2.12. The van der Waals surface area contributed by atoms with Gasteiger partial charge in [0.2, 0.25) is 5.91 Å². The topological polar surface area (TPSA) is 108 Å². The molecule has 20 heavy (non-hydrogen) atoms. The van der Waals surface area contributed by atoms with E-state index in [2.05, 4.69) is 36.7 Å². The maximum Gasteiger partial charge on any atom is 0.322 e. The molecule has 0 aliphatic heterocycles. The number of nitrogens with one attached hydrogen (secondary N) is 3. The summed E-state index contributed by atoms with van der Waals surface area (Å²) in [6.45, 7) is 9.32. The second-order valence-electron chi connectivity index (χ2n) is 6.60. The normalized spacial score (nSPS) is 11.7. The van der Waals surface area contributed by atoms with Crippen molar-refractivity contribution in [2.75, 3.05) is 13.1 Å². The molecular weight excluding hydrogens is 262 g/mol. The summed E-state index contributed by atoms with van der Waals surface area (Å²) >= 11 is 0. The molecule has 116 valence electrons. The molecular formula is C13H25N3O4. The van der Waals surface area contributed by atoms with Gasteiger partial charge in [0.05, 0.1) is 6.54 Å². The highest BCUT2D eigenvalue weighted by atomic mass is 16.4. The molecule has 0 rings (SSSR count). The van der Waals surface area contributed by atoms with E-state index in [1.165, 1.54) is 0 Å². The van der Waals surface area contributed by atoms with Crippen LogP contribution in [0.2, 0.25) is 0 Å². The van der Waals surface area contributed by atoms with E-state index in [-0.39, 0.29) is 12.0 Å². The van der Waals surface area contributed by atoms with Gasteiger partial charge in [-0.2, -0.15) is 0 Å². The van der Waals surface area contributed by atoms with Crippen LogP contribution in [-0.2, 0) is 9.59 Å². The van der Waals surface area contributed by atoms with Crippen molar-refractivity contribution < 1.29 is 19.5 Å². The third-order valence-electron chi connectivity index (χ3n) is 2.27. The highest BCUT2D eigenvalue weighted by Crippen LogP contribution is 2.26. The Morgan fingerprint density at radius 1 is 0.950 bits per heavy atom. The quantitative estimate of drug-likeness (QED) is 0.576. The van der Waals surface area contributed by atoms with Gasteiger partial charge in [-0.1, -0.05) is 20.8 Å². The number of carboxylic acids is 1. The van der Waals surface area contributed by atoms with Crippen LogP contribution >= 0.6 is 0 Å². The fourth-order valence-electron chi connectivity index (χ4n) is 2.12. The number of carboxylic acid groups (broad SMARTS) is 1. The highest BCUT2D eigenvalue weighted by Gasteiger charge is 2.26. The first-order valence-electron chi connectivity index (χ1n) is 6.46. The lowest BCUT2D eigenvalue weighted by atomic mass is 9.82. The van der Waals surface area contributed by atoms with Gasteiger partial charge in [-0.3, -0.25) is 9.59 Å². The van der Waals surface area contributed by atoms with Crippen LogP contribution in [0.15, 0.2) is 0 Å². The first kappa shape index (κ1) is 18.2. The Kier molecular flexibility index (Phi) is 6.48. The third kappa shape index (κ3) is 10.2. The molecule has 0 fully saturated rings. The average molecular weight is 287 g/mol. The van der Waals surface area contributed by atoms with Crippen molar-refractivity contribution in [3.05, 3.63) is 0 Å². The van der Waals surface area contributed by atoms with Gasteiger partial charge in [0, 0.05) is 5.54 Å². The summed E-state index contributed by atoms with van der Waals surface area (Å²) in [4.78, 5) is 33.1. The molecule has 0 saturated heterocycles. The summed E-state index contributed by atoms with van der Waals surface area (Å²) in [7, 11) is 0. The lowest BCUT2D eigenvalue weighted by Gasteiger charge is -2.33. The number of amides is 3. The summed E-state index contributed by atoms with van der Waals surface area (Å²) in [6, 6.07) is -0.454. The SMILES string of the molecule is CC(C)(C)CC(C)(C)NC(=O)NCC(=O)NCC(=O)O. The van der Waals surface area contributed by atoms with Crippen molar-refractivity contribution in [1.82, 2.24) is 16.0 Å². The molecule has 0 unspecified atom stereocenters. The van der Waals surface area contributed by atoms with Crippen LogP contribution in [0.4, 0.5) is 4.79 Å². The van der Waals surface area contributed by atoms with Crippen LogP contribution in [0, 0.1) is 5.41 Å². The molecule has 4 N–H and O–H groups in total. The van der Waals surface area contributed by atoms with E-state index in [9.17, 15) is 14.4 Å². The number of aliphatic carboxylic acids is 1. The molecule has 7 nitrogen and oxygen atoms in total. The largest absolute Gasteiger partial charge is 0.480 e. The molecule has 0 spiro atoms. The molecule has 0 aromatic rings. The minimum atomic E-state index is -1.13. The standard InChI is InChI=1S/C13H25N3O4/c1-12(2,3)8-13(4,5)16-11(20)15-6-9(17)14-7-10(18)19/h6-8H2,1-5H3,(H,14,17)(H,18,19)(H2,15,16,20). The zero-order valence-electron chi connectivity index (χ0n) is 12.8. The maximum absolute atomic E-state index is 11.7. The Bertz CT molecular complexity index is 372. The number of rotatable bonds is 6. The molecule has 0 bridgehead atoms. The van der Waals surface area contributed by atoms with E-state index in [0.717, 1.165) is 6.42 Å². The summed E-state index contributed by atoms with van der Waals surface area (Å²) < 4.78 is 0. The number of carbonyl (C=O) groups is 3. The lowest BCUT2D eigenvalue weighted by Crippen LogP contribution is -2.51. The van der Waals surface area contributed by atoms with Gasteiger partial charge in [-0.05, 0) is 25.7 Å². The van der Waals surface area contributed by atoms with Crippen LogP contribution in [0.1, 0.15) is 41.0 Å². The van der Waals surface area contributed by atoms with Crippen molar-refractivity contribution in [3.8, 4) is 0 Å². The van der Waals surface area contributed by atoms with E-state index in [4.69, 9.17) is 5.11 Å². The molecule has 0 aliphatic rings. The molecule has 0 aromatic heterocycles. The van der Waals surface area contributed by atoms with Crippen LogP contribution < -0.4 is 16.0 Å². The molecule has 0 atom stereocenters. The zero-order valence-corrected chi connectivity index (χ0v) is 12.8. The van der Waals surface area contributed by atoms with Gasteiger partial charge in [-0.15, -0.1) is 0 Å². The molecule has 0 aliphatic carbocycles. The Balaban J connectivity index is 4.10. The maximum atomic E-state index is 11.7. The van der Waals surface area contributed by atoms with E-state index in [0.29, 0.717) is 0 Å². The molecule has 3 amide bonds. The van der Waals surface area contributed by atoms with E-state index in [1.54, 1.807) is 0 Å². The molecule has 0 heterocycles. The second-order valence-corrected chi connectivity index (χ2v) is 6.60. The second kappa shape index (κ2) is 7.12. The average Bonchev–Trinajstić information content (AvgIpc) is 2.19. The Hall–Kier alpha value is -1.79. The van der Waals surface area contributed by atoms with Gasteiger partial charge in [0.25, 0.3) is 0 Å². The van der Waals surface area contributed by atoms with Crippen LogP contribution in [0.5, 0.6) is 0 Å². The number of urea groups is 1. The first-order chi connectivity index (χ1) is 8.91. The van der Waals surface area contributed by atoms with Gasteiger partial charge >= 0.3 is 12.0 Å².